The van der Waals surface area contributed by atoms with Crippen molar-refractivity contribution < 1.29 is 28.1 Å². The van der Waals surface area contributed by atoms with Crippen LogP contribution in [0.4, 0.5) is 0 Å². The number of ether oxygens (including phenoxy) is 1. The Labute approximate surface area is 83.8 Å². The standard InChI is InChI=1S/C9H10O2.V/c1-7-3-5-9(6-4-7)11-8(2)10;/h3-6H,1-2H3;. The second-order valence-corrected chi connectivity index (χ2v) is 2.41. The average Bonchev–Trinajstić information content (AvgIpc) is 1.93. The zero-order valence-electron chi connectivity index (χ0n) is 7.07. The molecular formula is C9H10O2V. The maximum absolute atomic E-state index is 10.5. The summed E-state index contributed by atoms with van der Waals surface area (Å²) in [6.45, 7) is 3.37. The molecule has 0 N–H and O–H groups in total. The van der Waals surface area contributed by atoms with Crippen LogP contribution in [-0.2, 0) is 23.4 Å². The third-order valence-electron chi connectivity index (χ3n) is 1.28. The van der Waals surface area contributed by atoms with Gasteiger partial charge in [0.15, 0.2) is 0 Å². The molecule has 0 aliphatic carbocycles. The quantitative estimate of drug-likeness (QED) is 0.512. The van der Waals surface area contributed by atoms with Crippen LogP contribution in [-0.4, -0.2) is 5.97 Å². The van der Waals surface area contributed by atoms with Gasteiger partial charge in [-0.1, -0.05) is 17.7 Å². The summed E-state index contributed by atoms with van der Waals surface area (Å²) in [5.74, 6) is 0.317. The van der Waals surface area contributed by atoms with Crippen LogP contribution >= 0.6 is 0 Å². The Hall–Kier alpha value is -0.726. The first kappa shape index (κ1) is 11.3. The maximum atomic E-state index is 10.5. The molecule has 0 aromatic heterocycles. The van der Waals surface area contributed by atoms with Crippen molar-refractivity contribution in [2.75, 3.05) is 0 Å². The van der Waals surface area contributed by atoms with E-state index in [2.05, 4.69) is 0 Å². The minimum absolute atomic E-state index is 0. The molecule has 0 aliphatic rings. The van der Waals surface area contributed by atoms with Gasteiger partial charge in [0.2, 0.25) is 0 Å². The first-order chi connectivity index (χ1) is 5.18. The van der Waals surface area contributed by atoms with E-state index in [-0.39, 0.29) is 24.5 Å². The monoisotopic (exact) mass is 201 g/mol. The van der Waals surface area contributed by atoms with Crippen molar-refractivity contribution in [2.24, 2.45) is 0 Å². The van der Waals surface area contributed by atoms with E-state index in [1.165, 1.54) is 6.92 Å². The summed E-state index contributed by atoms with van der Waals surface area (Å²) in [4.78, 5) is 10.5. The fourth-order valence-electron chi connectivity index (χ4n) is 0.772. The molecule has 0 amide bonds. The number of rotatable bonds is 1. The second-order valence-electron chi connectivity index (χ2n) is 2.41. The van der Waals surface area contributed by atoms with Gasteiger partial charge in [-0.25, -0.2) is 0 Å². The van der Waals surface area contributed by atoms with Gasteiger partial charge in [-0.15, -0.1) is 0 Å². The summed E-state index contributed by atoms with van der Waals surface area (Å²) in [5.41, 5.74) is 1.15. The van der Waals surface area contributed by atoms with Crippen molar-refractivity contribution in [1.29, 1.82) is 0 Å². The normalized spacial score (nSPS) is 8.50. The molecule has 1 rings (SSSR count). The van der Waals surface area contributed by atoms with Gasteiger partial charge in [-0.05, 0) is 19.1 Å². The van der Waals surface area contributed by atoms with Crippen LogP contribution in [0.2, 0.25) is 0 Å². The molecule has 1 aromatic rings. The molecule has 2 nitrogen and oxygen atoms in total. The Balaban J connectivity index is 0.00000121. The number of hydrogen-bond donors (Lipinski definition) is 0. The second kappa shape index (κ2) is 5.02. The maximum Gasteiger partial charge on any atom is 0.308 e. The fraction of sp³-hybridized carbons (Fsp3) is 0.222. The molecule has 0 aliphatic heterocycles. The van der Waals surface area contributed by atoms with E-state index in [4.69, 9.17) is 4.74 Å². The number of benzene rings is 1. The average molecular weight is 201 g/mol. The first-order valence-electron chi connectivity index (χ1n) is 3.43. The number of carbonyl (C=O) groups excluding carboxylic acids is 1. The SMILES string of the molecule is CC(=O)Oc1ccc(C)cc1.[V]. The molecule has 0 saturated heterocycles. The van der Waals surface area contributed by atoms with Crippen molar-refractivity contribution >= 4 is 5.97 Å². The van der Waals surface area contributed by atoms with Crippen LogP contribution in [0.1, 0.15) is 12.5 Å². The molecular weight excluding hydrogens is 191 g/mol. The largest absolute Gasteiger partial charge is 0.427 e. The van der Waals surface area contributed by atoms with Gasteiger partial charge < -0.3 is 4.74 Å². The van der Waals surface area contributed by atoms with Crippen molar-refractivity contribution in [1.82, 2.24) is 0 Å². The van der Waals surface area contributed by atoms with E-state index in [1.54, 1.807) is 12.1 Å². The first-order valence-corrected chi connectivity index (χ1v) is 3.43. The Kier molecular flexibility index (Phi) is 4.71. The number of carbonyl (C=O) groups is 1. The van der Waals surface area contributed by atoms with Crippen molar-refractivity contribution in [2.45, 2.75) is 13.8 Å². The van der Waals surface area contributed by atoms with Gasteiger partial charge in [-0.3, -0.25) is 4.79 Å². The van der Waals surface area contributed by atoms with Gasteiger partial charge in [0.25, 0.3) is 0 Å². The zero-order chi connectivity index (χ0) is 8.27. The van der Waals surface area contributed by atoms with Gasteiger partial charge in [-0.2, -0.15) is 0 Å². The fourth-order valence-corrected chi connectivity index (χ4v) is 0.772. The zero-order valence-corrected chi connectivity index (χ0v) is 8.47. The van der Waals surface area contributed by atoms with Crippen LogP contribution in [0.3, 0.4) is 0 Å². The van der Waals surface area contributed by atoms with Gasteiger partial charge >= 0.3 is 5.97 Å². The number of esters is 1. The molecule has 0 saturated carbocycles. The summed E-state index contributed by atoms with van der Waals surface area (Å²) in [6, 6.07) is 7.35. The Bertz CT molecular complexity index is 254. The summed E-state index contributed by atoms with van der Waals surface area (Å²) in [7, 11) is 0. The van der Waals surface area contributed by atoms with E-state index in [0.717, 1.165) is 5.56 Å². The van der Waals surface area contributed by atoms with E-state index in [9.17, 15) is 4.79 Å². The molecule has 0 spiro atoms. The Morgan fingerprint density at radius 2 is 1.75 bits per heavy atom. The molecule has 12 heavy (non-hydrogen) atoms. The topological polar surface area (TPSA) is 26.3 Å². The molecule has 3 heteroatoms. The molecule has 0 fully saturated rings. The van der Waals surface area contributed by atoms with Gasteiger partial charge in [0.05, 0.1) is 0 Å². The van der Waals surface area contributed by atoms with E-state index in [1.807, 2.05) is 19.1 Å². The van der Waals surface area contributed by atoms with E-state index in [0.29, 0.717) is 5.75 Å². The molecule has 1 radical (unpaired) electrons. The smallest absolute Gasteiger partial charge is 0.308 e. The van der Waals surface area contributed by atoms with Crippen LogP contribution in [0.15, 0.2) is 24.3 Å². The van der Waals surface area contributed by atoms with E-state index >= 15 is 0 Å². The minimum Gasteiger partial charge on any atom is -0.427 e. The van der Waals surface area contributed by atoms with Crippen molar-refractivity contribution in [3.8, 4) is 5.75 Å². The third-order valence-corrected chi connectivity index (χ3v) is 1.28. The summed E-state index contributed by atoms with van der Waals surface area (Å²) < 4.78 is 4.83. The Morgan fingerprint density at radius 1 is 1.25 bits per heavy atom. The predicted molar refractivity (Wildman–Crippen MR) is 42.5 cm³/mol. The van der Waals surface area contributed by atoms with E-state index < -0.39 is 0 Å². The molecule has 0 heterocycles. The Morgan fingerprint density at radius 3 is 2.17 bits per heavy atom. The molecule has 63 valence electrons. The van der Waals surface area contributed by atoms with Gasteiger partial charge in [0, 0.05) is 25.5 Å². The molecule has 1 aromatic carbocycles. The van der Waals surface area contributed by atoms with Crippen molar-refractivity contribution in [3.63, 3.8) is 0 Å². The van der Waals surface area contributed by atoms with Crippen LogP contribution in [0.5, 0.6) is 5.75 Å². The summed E-state index contributed by atoms with van der Waals surface area (Å²) in [6.07, 6.45) is 0. The number of aryl methyl sites for hydroxylation is 1. The molecule has 0 atom stereocenters. The predicted octanol–water partition coefficient (Wildman–Crippen LogP) is 1.92. The molecule has 0 bridgehead atoms. The van der Waals surface area contributed by atoms with Crippen LogP contribution in [0, 0.1) is 6.92 Å². The van der Waals surface area contributed by atoms with Crippen LogP contribution < -0.4 is 4.74 Å². The third kappa shape index (κ3) is 3.60. The minimum atomic E-state index is -0.283. The van der Waals surface area contributed by atoms with Crippen LogP contribution in [0.25, 0.3) is 0 Å². The summed E-state index contributed by atoms with van der Waals surface area (Å²) in [5, 5.41) is 0. The summed E-state index contributed by atoms with van der Waals surface area (Å²) >= 11 is 0. The molecule has 0 unspecified atom stereocenters. The van der Waals surface area contributed by atoms with Gasteiger partial charge in [0.1, 0.15) is 5.75 Å². The number of hydrogen-bond acceptors (Lipinski definition) is 2. The van der Waals surface area contributed by atoms with Crippen molar-refractivity contribution in [3.05, 3.63) is 29.8 Å².